The normalized spacial score (nSPS) is 30.0. The SMILES string of the molecule is O=C(N[C@H]1CNC[C@H](O)C1)C1=C2NC(=O)N(c3ccc(-c4ccccc4)cc3)C3CCNC(S1)C23. The predicted octanol–water partition coefficient (Wildman–Crippen LogP) is 1.98. The van der Waals surface area contributed by atoms with Crippen LogP contribution < -0.4 is 26.2 Å². The zero-order chi connectivity index (χ0) is 23.9. The number of carbonyl (C=O) groups excluding carboxylic acids is 2. The Balaban J connectivity index is 1.25. The molecule has 9 heteroatoms. The third-order valence-corrected chi connectivity index (χ3v) is 8.62. The minimum absolute atomic E-state index is 0.0103. The molecule has 2 aromatic rings. The van der Waals surface area contributed by atoms with Gasteiger partial charge >= 0.3 is 6.03 Å². The summed E-state index contributed by atoms with van der Waals surface area (Å²) in [6.07, 6.45) is 0.874. The number of urea groups is 1. The van der Waals surface area contributed by atoms with Gasteiger partial charge in [-0.2, -0.15) is 0 Å². The number of carbonyl (C=O) groups is 2. The highest BCUT2D eigenvalue weighted by Crippen LogP contribution is 2.48. The van der Waals surface area contributed by atoms with E-state index in [-0.39, 0.29) is 35.3 Å². The van der Waals surface area contributed by atoms with Crippen molar-refractivity contribution in [2.24, 2.45) is 5.92 Å². The van der Waals surface area contributed by atoms with Gasteiger partial charge in [-0.05, 0) is 42.6 Å². The summed E-state index contributed by atoms with van der Waals surface area (Å²) in [7, 11) is 0. The van der Waals surface area contributed by atoms with Crippen molar-refractivity contribution in [3.8, 4) is 11.1 Å². The summed E-state index contributed by atoms with van der Waals surface area (Å²) < 4.78 is 0. The van der Waals surface area contributed by atoms with Crippen LogP contribution in [0.2, 0.25) is 0 Å². The highest BCUT2D eigenvalue weighted by atomic mass is 32.2. The molecule has 3 saturated heterocycles. The number of piperidine rings is 2. The maximum absolute atomic E-state index is 13.4. The Hall–Kier alpha value is -2.85. The molecule has 4 aliphatic heterocycles. The van der Waals surface area contributed by atoms with Crippen LogP contribution in [0.15, 0.2) is 65.2 Å². The Morgan fingerprint density at radius 2 is 1.83 bits per heavy atom. The first-order valence-corrected chi connectivity index (χ1v) is 13.1. The monoisotopic (exact) mass is 491 g/mol. The Kier molecular flexibility index (Phi) is 6.01. The standard InChI is InChI=1S/C26H29N5O3S/c32-19-12-17(13-27-14-19)29-24(33)23-22-21-20(10-11-28-25(21)35-23)31(26(34)30-22)18-8-6-16(7-9-18)15-4-2-1-3-5-15/h1-9,17,19-21,25,27-28,32H,10-14H2,(H,29,33)(H,30,34)/t17-,19-,20?,21?,25?/m1/s1. The average Bonchev–Trinajstić information content (AvgIpc) is 3.24. The number of amides is 3. The Morgan fingerprint density at radius 1 is 1.06 bits per heavy atom. The second kappa shape index (κ2) is 9.31. The van der Waals surface area contributed by atoms with E-state index in [1.165, 1.54) is 11.8 Å². The van der Waals surface area contributed by atoms with Crippen molar-refractivity contribution >= 4 is 29.4 Å². The number of rotatable bonds is 4. The predicted molar refractivity (Wildman–Crippen MR) is 137 cm³/mol. The minimum Gasteiger partial charge on any atom is -0.392 e. The van der Waals surface area contributed by atoms with E-state index in [0.29, 0.717) is 24.4 Å². The lowest BCUT2D eigenvalue weighted by Crippen LogP contribution is -2.62. The van der Waals surface area contributed by atoms with Gasteiger partial charge in [0, 0.05) is 36.4 Å². The molecule has 182 valence electrons. The number of hydrogen-bond acceptors (Lipinski definition) is 6. The molecule has 3 amide bonds. The molecule has 2 aromatic carbocycles. The zero-order valence-electron chi connectivity index (χ0n) is 19.2. The quantitative estimate of drug-likeness (QED) is 0.448. The van der Waals surface area contributed by atoms with Gasteiger partial charge in [0.1, 0.15) is 0 Å². The van der Waals surface area contributed by atoms with E-state index < -0.39 is 6.10 Å². The number of nitrogens with zero attached hydrogens (tertiary/aromatic N) is 1. The molecule has 8 nitrogen and oxygen atoms in total. The number of hydrogen-bond donors (Lipinski definition) is 5. The van der Waals surface area contributed by atoms with E-state index in [1.54, 1.807) is 0 Å². The van der Waals surface area contributed by atoms with Crippen molar-refractivity contribution in [2.75, 3.05) is 24.5 Å². The van der Waals surface area contributed by atoms with Gasteiger partial charge in [-0.15, -0.1) is 0 Å². The van der Waals surface area contributed by atoms with Crippen LogP contribution >= 0.6 is 11.8 Å². The van der Waals surface area contributed by atoms with Crippen molar-refractivity contribution in [3.05, 3.63) is 65.2 Å². The van der Waals surface area contributed by atoms with Gasteiger partial charge in [0.05, 0.1) is 22.4 Å². The van der Waals surface area contributed by atoms with Crippen LogP contribution in [-0.4, -0.2) is 60.2 Å². The summed E-state index contributed by atoms with van der Waals surface area (Å²) in [5.41, 5.74) is 3.82. The number of anilines is 1. The summed E-state index contributed by atoms with van der Waals surface area (Å²) >= 11 is 1.50. The van der Waals surface area contributed by atoms with Crippen molar-refractivity contribution in [2.45, 2.75) is 36.4 Å². The fourth-order valence-corrected chi connectivity index (χ4v) is 7.05. The van der Waals surface area contributed by atoms with E-state index >= 15 is 0 Å². The molecular formula is C26H29N5O3S. The smallest absolute Gasteiger partial charge is 0.326 e. The van der Waals surface area contributed by atoms with E-state index in [0.717, 1.165) is 35.5 Å². The molecule has 0 bridgehead atoms. The fourth-order valence-electron chi connectivity index (χ4n) is 5.65. The molecular weight excluding hydrogens is 462 g/mol. The van der Waals surface area contributed by atoms with Crippen LogP contribution in [0.3, 0.4) is 0 Å². The zero-order valence-corrected chi connectivity index (χ0v) is 20.1. The van der Waals surface area contributed by atoms with Gasteiger partial charge in [0.15, 0.2) is 0 Å². The summed E-state index contributed by atoms with van der Waals surface area (Å²) in [4.78, 5) is 29.0. The van der Waals surface area contributed by atoms with Crippen molar-refractivity contribution < 1.29 is 14.7 Å². The van der Waals surface area contributed by atoms with Crippen molar-refractivity contribution in [1.29, 1.82) is 0 Å². The van der Waals surface area contributed by atoms with Crippen molar-refractivity contribution in [1.82, 2.24) is 21.3 Å². The molecule has 4 aliphatic rings. The van der Waals surface area contributed by atoms with Crippen LogP contribution in [0.5, 0.6) is 0 Å². The van der Waals surface area contributed by atoms with Gasteiger partial charge in [0.2, 0.25) is 0 Å². The number of benzene rings is 2. The molecule has 0 aromatic heterocycles. The number of thioether (sulfide) groups is 1. The summed E-state index contributed by atoms with van der Waals surface area (Å²) in [5, 5.41) is 22.7. The van der Waals surface area contributed by atoms with Crippen LogP contribution in [0.4, 0.5) is 10.5 Å². The third-order valence-electron chi connectivity index (χ3n) is 7.26. The number of nitrogens with one attached hydrogen (secondary N) is 4. The number of aliphatic hydroxyl groups is 1. The molecule has 5 atom stereocenters. The fraction of sp³-hybridized carbons (Fsp3) is 0.385. The van der Waals surface area contributed by atoms with Crippen LogP contribution in [-0.2, 0) is 4.79 Å². The highest BCUT2D eigenvalue weighted by Gasteiger charge is 2.51. The van der Waals surface area contributed by atoms with Gasteiger partial charge < -0.3 is 26.4 Å². The molecule has 35 heavy (non-hydrogen) atoms. The van der Waals surface area contributed by atoms with E-state index in [2.05, 4.69) is 45.5 Å². The molecule has 0 saturated carbocycles. The third kappa shape index (κ3) is 4.23. The molecule has 3 unspecified atom stereocenters. The number of aliphatic hydroxyl groups excluding tert-OH is 1. The molecule has 4 heterocycles. The summed E-state index contributed by atoms with van der Waals surface area (Å²) in [5.74, 6) is -0.169. The number of β-amino-alcohol motifs (C(OH)–C–C–N with tert-alkyl or cyclic N) is 1. The minimum atomic E-state index is -0.465. The van der Waals surface area contributed by atoms with Crippen LogP contribution in [0, 0.1) is 5.92 Å². The van der Waals surface area contributed by atoms with Crippen LogP contribution in [0.1, 0.15) is 12.8 Å². The first-order valence-electron chi connectivity index (χ1n) is 12.2. The van der Waals surface area contributed by atoms with E-state index in [1.807, 2.05) is 35.2 Å². The Morgan fingerprint density at radius 3 is 2.60 bits per heavy atom. The topological polar surface area (TPSA) is 106 Å². The first-order chi connectivity index (χ1) is 17.1. The molecule has 5 N–H and O–H groups in total. The van der Waals surface area contributed by atoms with Crippen LogP contribution in [0.25, 0.3) is 11.1 Å². The van der Waals surface area contributed by atoms with E-state index in [4.69, 9.17) is 0 Å². The second-order valence-electron chi connectivity index (χ2n) is 9.55. The highest BCUT2D eigenvalue weighted by molar-refractivity contribution is 8.04. The molecule has 0 aliphatic carbocycles. The van der Waals surface area contributed by atoms with Gasteiger partial charge in [-0.3, -0.25) is 9.69 Å². The molecule has 3 fully saturated rings. The summed E-state index contributed by atoms with van der Waals surface area (Å²) in [6.45, 7) is 1.96. The first kappa shape index (κ1) is 22.6. The average molecular weight is 492 g/mol. The Labute approximate surface area is 208 Å². The van der Waals surface area contributed by atoms with Gasteiger partial charge in [-0.25, -0.2) is 4.79 Å². The van der Waals surface area contributed by atoms with E-state index in [9.17, 15) is 14.7 Å². The lowest BCUT2D eigenvalue weighted by molar-refractivity contribution is -0.117. The lowest BCUT2D eigenvalue weighted by atomic mass is 9.86. The largest absolute Gasteiger partial charge is 0.392 e. The Bertz CT molecular complexity index is 1160. The maximum Gasteiger partial charge on any atom is 0.326 e. The molecule has 0 radical (unpaired) electrons. The molecule has 6 rings (SSSR count). The van der Waals surface area contributed by atoms with Gasteiger partial charge in [-0.1, -0.05) is 54.2 Å². The van der Waals surface area contributed by atoms with Crippen molar-refractivity contribution in [3.63, 3.8) is 0 Å². The maximum atomic E-state index is 13.4. The molecule has 0 spiro atoms. The second-order valence-corrected chi connectivity index (χ2v) is 10.7. The van der Waals surface area contributed by atoms with Gasteiger partial charge in [0.25, 0.3) is 5.91 Å². The lowest BCUT2D eigenvalue weighted by Gasteiger charge is -2.45. The summed E-state index contributed by atoms with van der Waals surface area (Å²) in [6, 6.07) is 17.9.